The Morgan fingerprint density at radius 2 is 1.84 bits per heavy atom. The van der Waals surface area contributed by atoms with Gasteiger partial charge in [-0.2, -0.15) is 0 Å². The predicted molar refractivity (Wildman–Crippen MR) is 78.8 cm³/mol. The van der Waals surface area contributed by atoms with Gasteiger partial charge in [0.25, 0.3) is 11.8 Å². The van der Waals surface area contributed by atoms with E-state index in [0.29, 0.717) is 16.7 Å². The summed E-state index contributed by atoms with van der Waals surface area (Å²) in [6.07, 6.45) is 1.80. The van der Waals surface area contributed by atoms with Crippen LogP contribution in [0.25, 0.3) is 11.6 Å². The van der Waals surface area contributed by atoms with E-state index in [2.05, 4.69) is 21.2 Å². The lowest BCUT2D eigenvalue weighted by Crippen LogP contribution is -2.36. The Morgan fingerprint density at radius 1 is 1.11 bits per heavy atom. The molecule has 1 aliphatic rings. The third-order valence-corrected chi connectivity index (χ3v) is 4.45. The highest BCUT2D eigenvalue weighted by atomic mass is 79.9. The highest BCUT2D eigenvalue weighted by molar-refractivity contribution is 9.10. The number of rotatable bonds is 1. The summed E-state index contributed by atoms with van der Waals surface area (Å²) in [5.41, 5.74) is 1.73. The predicted octanol–water partition coefficient (Wildman–Crippen LogP) is 3.32. The van der Waals surface area contributed by atoms with Gasteiger partial charge in [0.2, 0.25) is 0 Å². The smallest absolute Gasteiger partial charge is 0.258 e. The molecule has 2 heterocycles. The lowest BCUT2D eigenvalue weighted by Gasteiger charge is -2.17. The number of halogens is 1. The van der Waals surface area contributed by atoms with E-state index >= 15 is 0 Å². The SMILES string of the molecule is O=C1NC(=O)c2ccccc2C1=Cc1cc(Br)cs1. The fourth-order valence-electron chi connectivity index (χ4n) is 1.97. The van der Waals surface area contributed by atoms with Crippen molar-refractivity contribution in [3.05, 3.63) is 56.2 Å². The highest BCUT2D eigenvalue weighted by Crippen LogP contribution is 2.29. The van der Waals surface area contributed by atoms with Gasteiger partial charge in [-0.1, -0.05) is 18.2 Å². The van der Waals surface area contributed by atoms with Crippen LogP contribution in [0.4, 0.5) is 0 Å². The van der Waals surface area contributed by atoms with E-state index < -0.39 is 0 Å². The average molecular weight is 334 g/mol. The zero-order valence-electron chi connectivity index (χ0n) is 9.64. The second kappa shape index (κ2) is 4.75. The quantitative estimate of drug-likeness (QED) is 0.642. The maximum Gasteiger partial charge on any atom is 0.258 e. The molecule has 1 aliphatic heterocycles. The molecule has 0 saturated heterocycles. The van der Waals surface area contributed by atoms with E-state index in [0.717, 1.165) is 9.35 Å². The molecule has 2 aromatic rings. The maximum absolute atomic E-state index is 12.0. The summed E-state index contributed by atoms with van der Waals surface area (Å²) in [6.45, 7) is 0. The highest BCUT2D eigenvalue weighted by Gasteiger charge is 2.26. The number of imide groups is 1. The zero-order valence-corrected chi connectivity index (χ0v) is 12.0. The Bertz CT molecular complexity index is 718. The van der Waals surface area contributed by atoms with Crippen LogP contribution >= 0.6 is 27.3 Å². The molecule has 0 spiro atoms. The van der Waals surface area contributed by atoms with Gasteiger partial charge in [0.15, 0.2) is 0 Å². The Kier molecular flexibility index (Phi) is 3.08. The van der Waals surface area contributed by atoms with Crippen molar-refractivity contribution in [1.29, 1.82) is 0 Å². The number of nitrogens with one attached hydrogen (secondary N) is 1. The monoisotopic (exact) mass is 333 g/mol. The van der Waals surface area contributed by atoms with E-state index in [9.17, 15) is 9.59 Å². The summed E-state index contributed by atoms with van der Waals surface area (Å²) in [6, 6.07) is 9.05. The first kappa shape index (κ1) is 12.3. The molecule has 1 N–H and O–H groups in total. The lowest BCUT2D eigenvalue weighted by molar-refractivity contribution is -0.114. The first-order chi connectivity index (χ1) is 9.15. The van der Waals surface area contributed by atoms with Crippen LogP contribution in [-0.2, 0) is 4.79 Å². The normalized spacial score (nSPS) is 16.4. The molecule has 3 nitrogen and oxygen atoms in total. The van der Waals surface area contributed by atoms with Crippen LogP contribution in [0, 0.1) is 0 Å². The molecule has 1 aromatic heterocycles. The number of carbonyl (C=O) groups excluding carboxylic acids is 2. The summed E-state index contributed by atoms with van der Waals surface area (Å²) < 4.78 is 0.977. The molecule has 1 aromatic carbocycles. The number of carbonyl (C=O) groups is 2. The van der Waals surface area contributed by atoms with Crippen molar-refractivity contribution in [2.24, 2.45) is 0 Å². The third-order valence-electron chi connectivity index (χ3n) is 2.81. The number of fused-ring (bicyclic) bond motifs is 1. The Hall–Kier alpha value is -1.72. The van der Waals surface area contributed by atoms with Gasteiger partial charge in [-0.3, -0.25) is 14.9 Å². The molecule has 2 amide bonds. The second-order valence-corrected chi connectivity index (χ2v) is 5.91. The summed E-state index contributed by atoms with van der Waals surface area (Å²) >= 11 is 4.91. The van der Waals surface area contributed by atoms with Crippen LogP contribution in [-0.4, -0.2) is 11.8 Å². The summed E-state index contributed by atoms with van der Waals surface area (Å²) in [7, 11) is 0. The Labute approximate surface area is 122 Å². The molecule has 0 bridgehead atoms. The van der Waals surface area contributed by atoms with Crippen molar-refractivity contribution in [3.63, 3.8) is 0 Å². The van der Waals surface area contributed by atoms with E-state index in [1.807, 2.05) is 17.5 Å². The van der Waals surface area contributed by atoms with Crippen molar-refractivity contribution in [2.75, 3.05) is 0 Å². The molecule has 0 atom stereocenters. The van der Waals surface area contributed by atoms with Gasteiger partial charge in [-0.05, 0) is 39.7 Å². The molecule has 19 heavy (non-hydrogen) atoms. The number of hydrogen-bond donors (Lipinski definition) is 1. The van der Waals surface area contributed by atoms with E-state index in [4.69, 9.17) is 0 Å². The van der Waals surface area contributed by atoms with E-state index in [1.54, 1.807) is 24.3 Å². The van der Waals surface area contributed by atoms with E-state index in [1.165, 1.54) is 11.3 Å². The first-order valence-electron chi connectivity index (χ1n) is 5.56. The zero-order chi connectivity index (χ0) is 13.4. The summed E-state index contributed by atoms with van der Waals surface area (Å²) in [5, 5.41) is 4.31. The minimum absolute atomic E-state index is 0.342. The van der Waals surface area contributed by atoms with Crippen LogP contribution in [0.1, 0.15) is 20.8 Å². The number of benzene rings is 1. The van der Waals surface area contributed by atoms with Crippen molar-refractivity contribution in [1.82, 2.24) is 5.32 Å². The fraction of sp³-hybridized carbons (Fsp3) is 0. The van der Waals surface area contributed by atoms with Gasteiger partial charge in [0.05, 0.1) is 0 Å². The summed E-state index contributed by atoms with van der Waals surface area (Å²) in [4.78, 5) is 24.7. The van der Waals surface area contributed by atoms with Gasteiger partial charge >= 0.3 is 0 Å². The maximum atomic E-state index is 12.0. The molecule has 0 fully saturated rings. The van der Waals surface area contributed by atoms with Gasteiger partial charge in [-0.15, -0.1) is 11.3 Å². The lowest BCUT2D eigenvalue weighted by atomic mass is 9.94. The molecule has 3 rings (SSSR count). The topological polar surface area (TPSA) is 46.2 Å². The van der Waals surface area contributed by atoms with Crippen molar-refractivity contribution in [2.45, 2.75) is 0 Å². The van der Waals surface area contributed by atoms with E-state index in [-0.39, 0.29) is 11.8 Å². The molecule has 94 valence electrons. The second-order valence-electron chi connectivity index (χ2n) is 4.05. The average Bonchev–Trinajstić information content (AvgIpc) is 2.80. The molecular weight excluding hydrogens is 326 g/mol. The molecular formula is C14H8BrNO2S. The Balaban J connectivity index is 2.15. The van der Waals surface area contributed by atoms with Gasteiger partial charge in [0.1, 0.15) is 0 Å². The van der Waals surface area contributed by atoms with Crippen LogP contribution < -0.4 is 5.32 Å². The minimum Gasteiger partial charge on any atom is -0.288 e. The van der Waals surface area contributed by atoms with Crippen LogP contribution in [0.5, 0.6) is 0 Å². The van der Waals surface area contributed by atoms with Crippen molar-refractivity contribution in [3.8, 4) is 0 Å². The van der Waals surface area contributed by atoms with Gasteiger partial charge in [0, 0.05) is 25.9 Å². The number of thiophene rings is 1. The van der Waals surface area contributed by atoms with Crippen LogP contribution in [0.15, 0.2) is 40.2 Å². The van der Waals surface area contributed by atoms with Gasteiger partial charge in [-0.25, -0.2) is 0 Å². The molecule has 0 aliphatic carbocycles. The van der Waals surface area contributed by atoms with Crippen molar-refractivity contribution >= 4 is 50.7 Å². The number of amides is 2. The molecule has 0 unspecified atom stereocenters. The minimum atomic E-state index is -0.353. The van der Waals surface area contributed by atoms with Crippen LogP contribution in [0.2, 0.25) is 0 Å². The molecule has 5 heteroatoms. The Morgan fingerprint density at radius 3 is 2.53 bits per heavy atom. The fourth-order valence-corrected chi connectivity index (χ4v) is 3.34. The number of hydrogen-bond acceptors (Lipinski definition) is 3. The summed E-state index contributed by atoms with van der Waals surface area (Å²) in [5.74, 6) is -0.696. The molecule has 0 radical (unpaired) electrons. The standard InChI is InChI=1S/C14H8BrNO2S/c15-8-5-9(19-7-8)6-12-10-3-1-2-4-11(10)13(17)16-14(12)18/h1-7H,(H,16,17,18). The first-order valence-corrected chi connectivity index (χ1v) is 7.23. The van der Waals surface area contributed by atoms with Crippen LogP contribution in [0.3, 0.4) is 0 Å². The van der Waals surface area contributed by atoms with Gasteiger partial charge < -0.3 is 0 Å². The third kappa shape index (κ3) is 2.27. The largest absolute Gasteiger partial charge is 0.288 e. The van der Waals surface area contributed by atoms with Crippen molar-refractivity contribution < 1.29 is 9.59 Å². The molecule has 0 saturated carbocycles.